The summed E-state index contributed by atoms with van der Waals surface area (Å²) < 4.78 is 9.67. The van der Waals surface area contributed by atoms with Crippen molar-refractivity contribution in [2.75, 3.05) is 6.61 Å². The van der Waals surface area contributed by atoms with E-state index in [1.165, 1.54) is 6.42 Å². The number of nitrogens with zero attached hydrogens (tertiary/aromatic N) is 4. The average molecular weight is 330 g/mol. The lowest BCUT2D eigenvalue weighted by molar-refractivity contribution is 0.00509. The number of rotatable bonds is 4. The first-order valence-corrected chi connectivity index (χ1v) is 9.14. The van der Waals surface area contributed by atoms with E-state index in [4.69, 9.17) is 4.74 Å². The average Bonchev–Trinajstić information content (AvgIpc) is 3.28. The van der Waals surface area contributed by atoms with Crippen molar-refractivity contribution in [3.05, 3.63) is 27.6 Å². The Hall–Kier alpha value is -1.69. The second-order valence-electron chi connectivity index (χ2n) is 7.39. The number of hydrogen-bond donors (Lipinski definition) is 0. The summed E-state index contributed by atoms with van der Waals surface area (Å²) in [5, 5.41) is 8.69. The fourth-order valence-corrected chi connectivity index (χ4v) is 3.98. The van der Waals surface area contributed by atoms with Crippen LogP contribution < -0.4 is 5.56 Å². The minimum atomic E-state index is -0.0436. The van der Waals surface area contributed by atoms with E-state index >= 15 is 0 Å². The predicted molar refractivity (Wildman–Crippen MR) is 91.5 cm³/mol. The Labute approximate surface area is 141 Å². The van der Waals surface area contributed by atoms with Gasteiger partial charge in [-0.25, -0.2) is 0 Å². The molecule has 6 heteroatoms. The van der Waals surface area contributed by atoms with Gasteiger partial charge in [0, 0.05) is 23.4 Å². The smallest absolute Gasteiger partial charge is 0.296 e. The highest BCUT2D eigenvalue weighted by molar-refractivity contribution is 5.42. The molecule has 6 nitrogen and oxygen atoms in total. The molecule has 0 spiro atoms. The normalized spacial score (nSPS) is 22.9. The molecule has 1 atom stereocenters. The van der Waals surface area contributed by atoms with Crippen LogP contribution in [0.2, 0.25) is 0 Å². The SMILES string of the molecule is CCC1(c2nnc3c(=O)n(C[C@H]4CCCCO4)c(C)c(C)n23)CC1. The van der Waals surface area contributed by atoms with E-state index in [1.54, 1.807) is 0 Å². The first kappa shape index (κ1) is 15.8. The number of fused-ring (bicyclic) bond motifs is 1. The van der Waals surface area contributed by atoms with Crippen LogP contribution in [0.25, 0.3) is 5.65 Å². The van der Waals surface area contributed by atoms with Gasteiger partial charge in [0.15, 0.2) is 0 Å². The Bertz CT molecular complexity index is 826. The molecule has 24 heavy (non-hydrogen) atoms. The van der Waals surface area contributed by atoms with Crippen LogP contribution in [0.15, 0.2) is 4.79 Å². The van der Waals surface area contributed by atoms with Gasteiger partial charge in [-0.05, 0) is 52.4 Å². The zero-order chi connectivity index (χ0) is 16.9. The standard InChI is InChI=1S/C18H26N4O2/c1-4-18(8-9-18)17-20-19-15-16(23)21(12(2)13(3)22(15)17)11-14-7-5-6-10-24-14/h14H,4-11H2,1-3H3/t14-/m1/s1. The monoisotopic (exact) mass is 330 g/mol. The van der Waals surface area contributed by atoms with Crippen molar-refractivity contribution in [2.24, 2.45) is 0 Å². The largest absolute Gasteiger partial charge is 0.376 e. The summed E-state index contributed by atoms with van der Waals surface area (Å²) in [6, 6.07) is 0. The van der Waals surface area contributed by atoms with Crippen molar-refractivity contribution in [1.29, 1.82) is 0 Å². The molecule has 0 radical (unpaired) electrons. The molecule has 0 aromatic carbocycles. The third-order valence-corrected chi connectivity index (χ3v) is 6.03. The zero-order valence-electron chi connectivity index (χ0n) is 14.8. The molecule has 1 aliphatic heterocycles. The lowest BCUT2D eigenvalue weighted by Gasteiger charge is -2.25. The van der Waals surface area contributed by atoms with Gasteiger partial charge in [0.25, 0.3) is 5.56 Å². The molecule has 2 aromatic heterocycles. The number of ether oxygens (including phenoxy) is 1. The van der Waals surface area contributed by atoms with Gasteiger partial charge >= 0.3 is 0 Å². The fraction of sp³-hybridized carbons (Fsp3) is 0.722. The fourth-order valence-electron chi connectivity index (χ4n) is 3.98. The summed E-state index contributed by atoms with van der Waals surface area (Å²) in [5.74, 6) is 0.971. The molecule has 0 unspecified atom stereocenters. The zero-order valence-corrected chi connectivity index (χ0v) is 14.8. The summed E-state index contributed by atoms with van der Waals surface area (Å²) in [6.07, 6.45) is 6.77. The summed E-state index contributed by atoms with van der Waals surface area (Å²) >= 11 is 0. The summed E-state index contributed by atoms with van der Waals surface area (Å²) in [6.45, 7) is 7.70. The molecule has 0 amide bonds. The first-order valence-electron chi connectivity index (χ1n) is 9.14. The molecule has 2 fully saturated rings. The van der Waals surface area contributed by atoms with Crippen LogP contribution in [0.3, 0.4) is 0 Å². The lowest BCUT2D eigenvalue weighted by atomic mass is 10.0. The van der Waals surface area contributed by atoms with Crippen molar-refractivity contribution in [3.8, 4) is 0 Å². The van der Waals surface area contributed by atoms with Gasteiger partial charge in [0.05, 0.1) is 12.6 Å². The van der Waals surface area contributed by atoms with Crippen LogP contribution in [0.1, 0.15) is 62.7 Å². The van der Waals surface area contributed by atoms with Crippen LogP contribution in [0.4, 0.5) is 0 Å². The number of aromatic nitrogens is 4. The minimum absolute atomic E-state index is 0.0436. The number of aryl methyl sites for hydroxylation is 1. The minimum Gasteiger partial charge on any atom is -0.376 e. The molecule has 2 aliphatic rings. The van der Waals surface area contributed by atoms with Crippen molar-refractivity contribution >= 4 is 5.65 Å². The van der Waals surface area contributed by atoms with Gasteiger partial charge < -0.3 is 9.30 Å². The van der Waals surface area contributed by atoms with Crippen LogP contribution >= 0.6 is 0 Å². The highest BCUT2D eigenvalue weighted by Gasteiger charge is 2.47. The van der Waals surface area contributed by atoms with Crippen molar-refractivity contribution in [3.63, 3.8) is 0 Å². The van der Waals surface area contributed by atoms with Crippen LogP contribution in [-0.4, -0.2) is 31.9 Å². The van der Waals surface area contributed by atoms with E-state index in [2.05, 4.69) is 24.0 Å². The van der Waals surface area contributed by atoms with E-state index in [1.807, 2.05) is 15.9 Å². The Kier molecular flexibility index (Phi) is 3.75. The Morgan fingerprint density at radius 3 is 2.62 bits per heavy atom. The van der Waals surface area contributed by atoms with E-state index < -0.39 is 0 Å². The lowest BCUT2D eigenvalue weighted by Crippen LogP contribution is -2.34. The second kappa shape index (κ2) is 5.69. The van der Waals surface area contributed by atoms with E-state index in [9.17, 15) is 4.79 Å². The first-order chi connectivity index (χ1) is 11.6. The van der Waals surface area contributed by atoms with Gasteiger partial charge in [-0.15, -0.1) is 10.2 Å². The van der Waals surface area contributed by atoms with E-state index in [0.29, 0.717) is 12.2 Å². The van der Waals surface area contributed by atoms with E-state index in [0.717, 1.165) is 55.9 Å². The predicted octanol–water partition coefficient (Wildman–Crippen LogP) is 2.52. The molecule has 0 N–H and O–H groups in total. The summed E-state index contributed by atoms with van der Waals surface area (Å²) in [7, 11) is 0. The molecule has 2 aromatic rings. The highest BCUT2D eigenvalue weighted by atomic mass is 16.5. The van der Waals surface area contributed by atoms with Crippen molar-refractivity contribution < 1.29 is 4.74 Å². The van der Waals surface area contributed by atoms with Gasteiger partial charge in [-0.3, -0.25) is 9.20 Å². The molecule has 3 heterocycles. The molecule has 1 aliphatic carbocycles. The molecular formula is C18H26N4O2. The molecule has 0 bridgehead atoms. The summed E-state index contributed by atoms with van der Waals surface area (Å²) in [5.41, 5.74) is 2.61. The van der Waals surface area contributed by atoms with Gasteiger partial charge in [-0.1, -0.05) is 6.92 Å². The van der Waals surface area contributed by atoms with Gasteiger partial charge in [0.2, 0.25) is 5.65 Å². The topological polar surface area (TPSA) is 61.4 Å². The maximum absolute atomic E-state index is 13.0. The molecule has 130 valence electrons. The Morgan fingerprint density at radius 1 is 1.21 bits per heavy atom. The molecule has 4 rings (SSSR count). The van der Waals surface area contributed by atoms with Crippen LogP contribution in [0, 0.1) is 13.8 Å². The maximum atomic E-state index is 13.0. The summed E-state index contributed by atoms with van der Waals surface area (Å²) in [4.78, 5) is 13.0. The van der Waals surface area contributed by atoms with Crippen LogP contribution in [0.5, 0.6) is 0 Å². The van der Waals surface area contributed by atoms with Gasteiger partial charge in [-0.2, -0.15) is 0 Å². The maximum Gasteiger partial charge on any atom is 0.296 e. The third kappa shape index (κ3) is 2.31. The van der Waals surface area contributed by atoms with Crippen molar-refractivity contribution in [1.82, 2.24) is 19.2 Å². The van der Waals surface area contributed by atoms with Crippen LogP contribution in [-0.2, 0) is 16.7 Å². The Morgan fingerprint density at radius 2 is 2.00 bits per heavy atom. The quantitative estimate of drug-likeness (QED) is 0.864. The third-order valence-electron chi connectivity index (χ3n) is 6.03. The van der Waals surface area contributed by atoms with E-state index in [-0.39, 0.29) is 17.1 Å². The number of hydrogen-bond acceptors (Lipinski definition) is 4. The molecule has 1 saturated carbocycles. The Balaban J connectivity index is 1.81. The highest BCUT2D eigenvalue weighted by Crippen LogP contribution is 2.50. The van der Waals surface area contributed by atoms with Crippen molar-refractivity contribution in [2.45, 2.75) is 77.4 Å². The molecule has 1 saturated heterocycles. The van der Waals surface area contributed by atoms with Gasteiger partial charge in [0.1, 0.15) is 5.82 Å². The molecular weight excluding hydrogens is 304 g/mol. The second-order valence-corrected chi connectivity index (χ2v) is 7.39.